The fourth-order valence-electron chi connectivity index (χ4n) is 3.08. The molecule has 1 saturated heterocycles. The number of rotatable bonds is 5. The molecule has 0 atom stereocenters. The second kappa shape index (κ2) is 7.47. The normalized spacial score (nSPS) is 15.0. The Bertz CT molecular complexity index is 1020. The van der Waals surface area contributed by atoms with E-state index in [1.807, 2.05) is 18.2 Å². The number of nitrogens with zero attached hydrogens (tertiary/aromatic N) is 3. The molecule has 0 aliphatic carbocycles. The molecule has 0 N–H and O–H groups in total. The zero-order chi connectivity index (χ0) is 19.7. The van der Waals surface area contributed by atoms with Crippen molar-refractivity contribution in [3.63, 3.8) is 0 Å². The number of nitro groups is 1. The van der Waals surface area contributed by atoms with Gasteiger partial charge < -0.3 is 18.8 Å². The van der Waals surface area contributed by atoms with Crippen LogP contribution in [0.1, 0.15) is 23.4 Å². The number of hydrogen-bond donors (Lipinski definition) is 0. The number of carbonyl (C=O) groups excluding carboxylic acids is 1. The van der Waals surface area contributed by atoms with Gasteiger partial charge in [0.15, 0.2) is 5.76 Å². The maximum Gasteiger partial charge on any atom is 0.433 e. The van der Waals surface area contributed by atoms with E-state index < -0.39 is 10.8 Å². The first-order chi connectivity index (χ1) is 13.5. The third kappa shape index (κ3) is 3.63. The molecular weight excluding hydrogens is 386 g/mol. The van der Waals surface area contributed by atoms with E-state index in [0.29, 0.717) is 31.1 Å². The zero-order valence-electron chi connectivity index (χ0n) is 15.0. The van der Waals surface area contributed by atoms with E-state index in [0.717, 1.165) is 16.0 Å². The maximum absolute atomic E-state index is 12.4. The van der Waals surface area contributed by atoms with Gasteiger partial charge in [0.25, 0.3) is 11.1 Å². The van der Waals surface area contributed by atoms with Gasteiger partial charge in [-0.2, -0.15) is 0 Å². The third-order valence-corrected chi connectivity index (χ3v) is 5.46. The molecule has 1 aliphatic heterocycles. The number of fused-ring (bicyclic) bond motifs is 1. The molecule has 1 aromatic carbocycles. The van der Waals surface area contributed by atoms with Gasteiger partial charge in [0.1, 0.15) is 16.8 Å². The van der Waals surface area contributed by atoms with Gasteiger partial charge in [0, 0.05) is 25.9 Å². The van der Waals surface area contributed by atoms with Crippen LogP contribution in [-0.2, 0) is 0 Å². The number of carbonyl (C=O) groups is 1. The number of likely N-dealkylation sites (tertiary alicyclic amines) is 1. The van der Waals surface area contributed by atoms with Gasteiger partial charge in [-0.15, -0.1) is 0 Å². The van der Waals surface area contributed by atoms with Crippen LogP contribution in [-0.4, -0.2) is 47.0 Å². The van der Waals surface area contributed by atoms with Crippen molar-refractivity contribution in [3.05, 3.63) is 46.2 Å². The molecule has 3 aromatic rings. The van der Waals surface area contributed by atoms with E-state index in [2.05, 4.69) is 4.98 Å². The van der Waals surface area contributed by atoms with Crippen LogP contribution in [0.2, 0.25) is 0 Å². The summed E-state index contributed by atoms with van der Waals surface area (Å²) in [5, 5.41) is 11.3. The Morgan fingerprint density at radius 1 is 1.32 bits per heavy atom. The molecule has 0 saturated carbocycles. The third-order valence-electron chi connectivity index (χ3n) is 4.56. The van der Waals surface area contributed by atoms with Gasteiger partial charge >= 0.3 is 5.88 Å². The van der Waals surface area contributed by atoms with Crippen molar-refractivity contribution in [1.82, 2.24) is 9.88 Å². The highest BCUT2D eigenvalue weighted by Gasteiger charge is 2.28. The minimum atomic E-state index is -0.662. The standard InChI is InChI=1S/C18H17N3O6S/c1-25-12-2-3-13-15(10-12)28-18(19-13)26-11-6-8-20(9-7-11)17(22)14-4-5-16(27-14)21(23)24/h2-5,10-11H,6-9H2,1H3. The van der Waals surface area contributed by atoms with Crippen molar-refractivity contribution in [2.24, 2.45) is 0 Å². The number of hydrogen-bond acceptors (Lipinski definition) is 8. The molecule has 0 spiro atoms. The summed E-state index contributed by atoms with van der Waals surface area (Å²) in [4.78, 5) is 28.6. The van der Waals surface area contributed by atoms with Crippen LogP contribution in [0.4, 0.5) is 5.88 Å². The quantitative estimate of drug-likeness (QED) is 0.474. The summed E-state index contributed by atoms with van der Waals surface area (Å²) in [6.07, 6.45) is 1.25. The van der Waals surface area contributed by atoms with Crippen LogP contribution >= 0.6 is 11.3 Å². The van der Waals surface area contributed by atoms with Crippen molar-refractivity contribution >= 4 is 33.3 Å². The Balaban J connectivity index is 1.36. The van der Waals surface area contributed by atoms with E-state index in [1.54, 1.807) is 12.0 Å². The highest BCUT2D eigenvalue weighted by molar-refractivity contribution is 7.20. The molecule has 2 aromatic heterocycles. The summed E-state index contributed by atoms with van der Waals surface area (Å²) in [5.41, 5.74) is 0.854. The Morgan fingerprint density at radius 3 is 2.79 bits per heavy atom. The largest absolute Gasteiger partial charge is 0.497 e. The predicted molar refractivity (Wildman–Crippen MR) is 101 cm³/mol. The number of benzene rings is 1. The molecule has 1 fully saturated rings. The lowest BCUT2D eigenvalue weighted by Gasteiger charge is -2.30. The summed E-state index contributed by atoms with van der Waals surface area (Å²) in [7, 11) is 1.62. The van der Waals surface area contributed by atoms with Crippen molar-refractivity contribution in [2.45, 2.75) is 18.9 Å². The Kier molecular flexibility index (Phi) is 4.86. The molecular formula is C18H17N3O6S. The first-order valence-corrected chi connectivity index (χ1v) is 9.50. The second-order valence-electron chi connectivity index (χ2n) is 6.32. The molecule has 3 heterocycles. The molecule has 4 rings (SSSR count). The summed E-state index contributed by atoms with van der Waals surface area (Å²) in [6, 6.07) is 8.18. The van der Waals surface area contributed by atoms with Crippen molar-refractivity contribution < 1.29 is 23.6 Å². The fraction of sp³-hybridized carbons (Fsp3) is 0.333. The van der Waals surface area contributed by atoms with Crippen LogP contribution in [0.25, 0.3) is 10.2 Å². The highest BCUT2D eigenvalue weighted by Crippen LogP contribution is 2.32. The van der Waals surface area contributed by atoms with Crippen LogP contribution in [0.3, 0.4) is 0 Å². The lowest BCUT2D eigenvalue weighted by molar-refractivity contribution is -0.402. The summed E-state index contributed by atoms with van der Waals surface area (Å²) in [5.74, 6) is -0.0356. The topological polar surface area (TPSA) is 108 Å². The van der Waals surface area contributed by atoms with E-state index in [9.17, 15) is 14.9 Å². The molecule has 1 amide bonds. The van der Waals surface area contributed by atoms with Gasteiger partial charge in [-0.1, -0.05) is 11.3 Å². The zero-order valence-corrected chi connectivity index (χ0v) is 15.8. The lowest BCUT2D eigenvalue weighted by Crippen LogP contribution is -2.41. The smallest absolute Gasteiger partial charge is 0.433 e. The molecule has 0 bridgehead atoms. The molecule has 1 aliphatic rings. The van der Waals surface area contributed by atoms with Crippen molar-refractivity contribution in [3.8, 4) is 10.9 Å². The maximum atomic E-state index is 12.4. The SMILES string of the molecule is COc1ccc2nc(OC3CCN(C(=O)c4ccc([N+](=O)[O-])o4)CC3)sc2c1. The van der Waals surface area contributed by atoms with Gasteiger partial charge in [0.05, 0.1) is 23.4 Å². The van der Waals surface area contributed by atoms with Crippen LogP contribution < -0.4 is 9.47 Å². The number of furan rings is 1. The van der Waals surface area contributed by atoms with Gasteiger partial charge in [-0.3, -0.25) is 14.9 Å². The summed E-state index contributed by atoms with van der Waals surface area (Å²) < 4.78 is 17.2. The van der Waals surface area contributed by atoms with E-state index in [4.69, 9.17) is 13.9 Å². The first kappa shape index (κ1) is 18.2. The van der Waals surface area contributed by atoms with Gasteiger partial charge in [0.2, 0.25) is 0 Å². The number of methoxy groups -OCH3 is 1. The number of amides is 1. The molecule has 28 heavy (non-hydrogen) atoms. The average molecular weight is 403 g/mol. The molecule has 0 unspecified atom stereocenters. The minimum Gasteiger partial charge on any atom is -0.497 e. The van der Waals surface area contributed by atoms with Gasteiger partial charge in [-0.25, -0.2) is 4.98 Å². The Morgan fingerprint density at radius 2 is 2.11 bits per heavy atom. The molecule has 0 radical (unpaired) electrons. The van der Waals surface area contributed by atoms with E-state index in [-0.39, 0.29) is 17.8 Å². The summed E-state index contributed by atoms with van der Waals surface area (Å²) >= 11 is 1.46. The van der Waals surface area contributed by atoms with E-state index >= 15 is 0 Å². The highest BCUT2D eigenvalue weighted by atomic mass is 32.1. The number of ether oxygens (including phenoxy) is 2. The number of piperidine rings is 1. The fourth-order valence-corrected chi connectivity index (χ4v) is 3.99. The van der Waals surface area contributed by atoms with E-state index in [1.165, 1.54) is 23.5 Å². The second-order valence-corrected chi connectivity index (χ2v) is 7.31. The minimum absolute atomic E-state index is 0.0220. The average Bonchev–Trinajstić information content (AvgIpc) is 3.34. The predicted octanol–water partition coefficient (Wildman–Crippen LogP) is 3.49. The van der Waals surface area contributed by atoms with Crippen LogP contribution in [0, 0.1) is 10.1 Å². The molecule has 9 nitrogen and oxygen atoms in total. The monoisotopic (exact) mass is 403 g/mol. The number of aromatic nitrogens is 1. The van der Waals surface area contributed by atoms with Crippen LogP contribution in [0.5, 0.6) is 10.9 Å². The van der Waals surface area contributed by atoms with Gasteiger partial charge in [-0.05, 0) is 24.3 Å². The molecule has 146 valence electrons. The Labute approximate surface area is 163 Å². The Hall–Kier alpha value is -3.14. The van der Waals surface area contributed by atoms with Crippen LogP contribution in [0.15, 0.2) is 34.7 Å². The van der Waals surface area contributed by atoms with Crippen molar-refractivity contribution in [1.29, 1.82) is 0 Å². The van der Waals surface area contributed by atoms with Crippen molar-refractivity contribution in [2.75, 3.05) is 20.2 Å². The summed E-state index contributed by atoms with van der Waals surface area (Å²) in [6.45, 7) is 0.966. The first-order valence-electron chi connectivity index (χ1n) is 8.68. The molecule has 10 heteroatoms. The lowest BCUT2D eigenvalue weighted by atomic mass is 10.1. The number of thiazole rings is 1.